The van der Waals surface area contributed by atoms with Crippen molar-refractivity contribution in [1.29, 1.82) is 0 Å². The lowest BCUT2D eigenvalue weighted by molar-refractivity contribution is 0.306. The maximum absolute atomic E-state index is 6.03. The molecule has 0 fully saturated rings. The summed E-state index contributed by atoms with van der Waals surface area (Å²) in [7, 11) is 0. The molecular formula is C34H36N2O4. The smallest absolute Gasteiger partial charge is 0.171 e. The van der Waals surface area contributed by atoms with Crippen LogP contribution >= 0.6 is 0 Å². The lowest BCUT2D eigenvalue weighted by atomic mass is 10.0. The average molecular weight is 537 g/mol. The molecule has 0 unspecified atom stereocenters. The summed E-state index contributed by atoms with van der Waals surface area (Å²) >= 11 is 0. The second kappa shape index (κ2) is 13.7. The lowest BCUT2D eigenvalue weighted by Gasteiger charge is -2.09. The Morgan fingerprint density at radius 2 is 1.12 bits per heavy atom. The van der Waals surface area contributed by atoms with Crippen LogP contribution < -0.4 is 9.47 Å². The summed E-state index contributed by atoms with van der Waals surface area (Å²) in [5, 5.41) is 8.61. The molecule has 6 heteroatoms. The van der Waals surface area contributed by atoms with E-state index in [-0.39, 0.29) is 0 Å². The number of para-hydroxylation sites is 1. The number of unbranched alkanes of at least 4 members (excludes halogenated alkanes) is 4. The van der Waals surface area contributed by atoms with Gasteiger partial charge in [0.2, 0.25) is 0 Å². The van der Waals surface area contributed by atoms with Gasteiger partial charge in [-0.2, -0.15) is 0 Å². The van der Waals surface area contributed by atoms with Crippen molar-refractivity contribution in [3.63, 3.8) is 0 Å². The number of hydrogen-bond acceptors (Lipinski definition) is 6. The standard InChI is InChI=1S/C34H36N2O4/c1-3-5-9-21-37-28-19-17-27(18-20-28)33-23-30(35-39-33)25-13-15-26(16-14-25)31-24-34(40-36-31)29-11-7-8-12-32(29)38-22-10-6-4-2/h7-8,11-20,23-24H,3-6,9-10,21-22H2,1-2H3. The van der Waals surface area contributed by atoms with Crippen molar-refractivity contribution in [1.82, 2.24) is 10.3 Å². The molecule has 0 aliphatic carbocycles. The second-order valence-corrected chi connectivity index (χ2v) is 9.86. The van der Waals surface area contributed by atoms with E-state index in [9.17, 15) is 0 Å². The zero-order valence-electron chi connectivity index (χ0n) is 23.3. The molecule has 5 rings (SSSR count). The molecule has 2 heterocycles. The molecule has 0 N–H and O–H groups in total. The van der Waals surface area contributed by atoms with Gasteiger partial charge in [0.25, 0.3) is 0 Å². The van der Waals surface area contributed by atoms with Gasteiger partial charge in [-0.3, -0.25) is 0 Å². The summed E-state index contributed by atoms with van der Waals surface area (Å²) in [6.45, 7) is 5.81. The van der Waals surface area contributed by atoms with Gasteiger partial charge in [-0.05, 0) is 49.2 Å². The highest BCUT2D eigenvalue weighted by Gasteiger charge is 2.14. The largest absolute Gasteiger partial charge is 0.494 e. The first kappa shape index (κ1) is 27.3. The molecule has 0 bridgehead atoms. The topological polar surface area (TPSA) is 70.5 Å². The van der Waals surface area contributed by atoms with Gasteiger partial charge in [0.1, 0.15) is 22.9 Å². The van der Waals surface area contributed by atoms with E-state index in [1.807, 2.05) is 84.9 Å². The van der Waals surface area contributed by atoms with Crippen molar-refractivity contribution in [2.75, 3.05) is 13.2 Å². The zero-order valence-corrected chi connectivity index (χ0v) is 23.3. The van der Waals surface area contributed by atoms with E-state index < -0.39 is 0 Å². The monoisotopic (exact) mass is 536 g/mol. The summed E-state index contributed by atoms with van der Waals surface area (Å²) in [5.74, 6) is 3.08. The SMILES string of the molecule is CCCCCOc1ccc(-c2cc(-c3ccc(-c4cc(-c5ccccc5OCCCCC)on4)cc3)no2)cc1. The maximum atomic E-state index is 6.03. The average Bonchev–Trinajstić information content (AvgIpc) is 3.69. The van der Waals surface area contributed by atoms with Crippen LogP contribution in [0.3, 0.4) is 0 Å². The van der Waals surface area contributed by atoms with E-state index in [0.717, 1.165) is 77.4 Å². The minimum absolute atomic E-state index is 0.684. The zero-order chi connectivity index (χ0) is 27.6. The van der Waals surface area contributed by atoms with Crippen LogP contribution in [-0.4, -0.2) is 23.5 Å². The highest BCUT2D eigenvalue weighted by atomic mass is 16.5. The molecule has 0 radical (unpaired) electrons. The highest BCUT2D eigenvalue weighted by Crippen LogP contribution is 2.34. The van der Waals surface area contributed by atoms with Crippen LogP contribution in [0, 0.1) is 0 Å². The molecular weight excluding hydrogens is 500 g/mol. The third-order valence-corrected chi connectivity index (χ3v) is 6.81. The van der Waals surface area contributed by atoms with Gasteiger partial charge in [-0.15, -0.1) is 0 Å². The number of benzene rings is 3. The summed E-state index contributed by atoms with van der Waals surface area (Å²) < 4.78 is 23.2. The number of hydrogen-bond donors (Lipinski definition) is 0. The molecule has 0 saturated carbocycles. The van der Waals surface area contributed by atoms with Crippen molar-refractivity contribution < 1.29 is 18.5 Å². The summed E-state index contributed by atoms with van der Waals surface area (Å²) in [5.41, 5.74) is 5.32. The first-order chi connectivity index (χ1) is 19.7. The molecule has 6 nitrogen and oxygen atoms in total. The van der Waals surface area contributed by atoms with Crippen LogP contribution in [-0.2, 0) is 0 Å². The first-order valence-corrected chi connectivity index (χ1v) is 14.2. The Labute approximate surface area is 235 Å². The van der Waals surface area contributed by atoms with E-state index in [1.54, 1.807) is 0 Å². The Morgan fingerprint density at radius 1 is 0.575 bits per heavy atom. The maximum Gasteiger partial charge on any atom is 0.171 e. The highest BCUT2D eigenvalue weighted by molar-refractivity contribution is 5.73. The van der Waals surface area contributed by atoms with Crippen molar-refractivity contribution in [2.45, 2.75) is 52.4 Å². The van der Waals surface area contributed by atoms with Crippen LogP contribution in [0.4, 0.5) is 0 Å². The van der Waals surface area contributed by atoms with E-state index in [2.05, 4.69) is 24.2 Å². The fourth-order valence-electron chi connectivity index (χ4n) is 4.49. The number of rotatable bonds is 14. The van der Waals surface area contributed by atoms with Gasteiger partial charge < -0.3 is 18.5 Å². The quantitative estimate of drug-likeness (QED) is 0.132. The molecule has 3 aromatic carbocycles. The molecule has 0 aliphatic heterocycles. The Kier molecular flexibility index (Phi) is 9.30. The third kappa shape index (κ3) is 6.81. The van der Waals surface area contributed by atoms with Gasteiger partial charge >= 0.3 is 0 Å². The molecule has 0 atom stereocenters. The van der Waals surface area contributed by atoms with Gasteiger partial charge in [0, 0.05) is 28.8 Å². The molecule has 5 aromatic rings. The van der Waals surface area contributed by atoms with Crippen molar-refractivity contribution in [2.24, 2.45) is 0 Å². The van der Waals surface area contributed by atoms with Crippen LogP contribution in [0.15, 0.2) is 94.0 Å². The number of nitrogens with zero attached hydrogens (tertiary/aromatic N) is 2. The molecule has 0 amide bonds. The molecule has 0 aliphatic rings. The minimum atomic E-state index is 0.684. The summed E-state index contributed by atoms with van der Waals surface area (Å²) in [6.07, 6.45) is 6.79. The Morgan fingerprint density at radius 3 is 1.77 bits per heavy atom. The van der Waals surface area contributed by atoms with Gasteiger partial charge in [-0.1, -0.05) is 86.2 Å². The van der Waals surface area contributed by atoms with Crippen LogP contribution in [0.5, 0.6) is 11.5 Å². The summed E-state index contributed by atoms with van der Waals surface area (Å²) in [6, 6.07) is 27.9. The fraction of sp³-hybridized carbons (Fsp3) is 0.294. The first-order valence-electron chi connectivity index (χ1n) is 14.2. The van der Waals surface area contributed by atoms with Gasteiger partial charge in [0.05, 0.1) is 18.8 Å². The van der Waals surface area contributed by atoms with E-state index in [1.165, 1.54) is 12.8 Å². The number of aromatic nitrogens is 2. The molecule has 40 heavy (non-hydrogen) atoms. The lowest BCUT2D eigenvalue weighted by Crippen LogP contribution is -1.98. The third-order valence-electron chi connectivity index (χ3n) is 6.81. The van der Waals surface area contributed by atoms with Crippen molar-refractivity contribution in [3.8, 4) is 56.7 Å². The molecule has 0 saturated heterocycles. The van der Waals surface area contributed by atoms with Crippen LogP contribution in [0.25, 0.3) is 45.2 Å². The molecule has 0 spiro atoms. The number of ether oxygens (including phenoxy) is 2. The fourth-order valence-corrected chi connectivity index (χ4v) is 4.49. The Hall–Kier alpha value is -4.32. The normalized spacial score (nSPS) is 11.1. The second-order valence-electron chi connectivity index (χ2n) is 9.86. The Bertz CT molecular complexity index is 1470. The van der Waals surface area contributed by atoms with Crippen LogP contribution in [0.2, 0.25) is 0 Å². The van der Waals surface area contributed by atoms with Gasteiger partial charge in [0.15, 0.2) is 11.5 Å². The van der Waals surface area contributed by atoms with Crippen LogP contribution in [0.1, 0.15) is 52.4 Å². The molecule has 206 valence electrons. The Balaban J connectivity index is 1.24. The minimum Gasteiger partial charge on any atom is -0.494 e. The summed E-state index contributed by atoms with van der Waals surface area (Å²) in [4.78, 5) is 0. The van der Waals surface area contributed by atoms with E-state index in [4.69, 9.17) is 18.5 Å². The van der Waals surface area contributed by atoms with Crippen molar-refractivity contribution >= 4 is 0 Å². The van der Waals surface area contributed by atoms with E-state index >= 15 is 0 Å². The predicted octanol–water partition coefficient (Wildman–Crippen LogP) is 9.47. The van der Waals surface area contributed by atoms with E-state index in [0.29, 0.717) is 18.1 Å². The predicted molar refractivity (Wildman–Crippen MR) is 158 cm³/mol. The van der Waals surface area contributed by atoms with Gasteiger partial charge in [-0.25, -0.2) is 0 Å². The molecule has 2 aromatic heterocycles. The van der Waals surface area contributed by atoms with Crippen molar-refractivity contribution in [3.05, 3.63) is 84.9 Å².